The van der Waals surface area contributed by atoms with Crippen molar-refractivity contribution in [3.63, 3.8) is 0 Å². The van der Waals surface area contributed by atoms with Gasteiger partial charge >= 0.3 is 0 Å². The van der Waals surface area contributed by atoms with Crippen molar-refractivity contribution in [2.24, 2.45) is 0 Å². The first-order valence-electron chi connectivity index (χ1n) is 6.29. The molecule has 0 spiro atoms. The normalized spacial score (nSPS) is 11.7. The molecule has 0 aliphatic rings. The van der Waals surface area contributed by atoms with Gasteiger partial charge in [0.15, 0.2) is 0 Å². The number of pyridine rings is 1. The van der Waals surface area contributed by atoms with Crippen LogP contribution in [0.1, 0.15) is 49.7 Å². The Balaban J connectivity index is 2.62. The van der Waals surface area contributed by atoms with Crippen molar-refractivity contribution in [2.45, 2.75) is 39.2 Å². The van der Waals surface area contributed by atoms with Gasteiger partial charge in [0.2, 0.25) is 0 Å². The molecule has 1 amide bonds. The second-order valence-electron chi connectivity index (χ2n) is 5.44. The molecule has 0 aliphatic heterocycles. The van der Waals surface area contributed by atoms with Gasteiger partial charge in [-0.2, -0.15) is 0 Å². The summed E-state index contributed by atoms with van der Waals surface area (Å²) in [6.45, 7) is 8.81. The summed E-state index contributed by atoms with van der Waals surface area (Å²) in [4.78, 5) is 16.2. The topological polar surface area (TPSA) is 54.0 Å². The first-order valence-corrected chi connectivity index (χ1v) is 6.29. The zero-order chi connectivity index (χ0) is 13.8. The minimum Gasteiger partial charge on any atom is -0.350 e. The number of carbonyl (C=O) groups is 1. The van der Waals surface area contributed by atoms with E-state index in [2.05, 4.69) is 29.5 Å². The fourth-order valence-electron chi connectivity index (χ4n) is 1.37. The zero-order valence-electron chi connectivity index (χ0n) is 11.9. The first-order chi connectivity index (χ1) is 8.35. The SMILES string of the molecule is CNC(C)(C)CNC(=O)c1ccc(C(C)C)nc1. The lowest BCUT2D eigenvalue weighted by molar-refractivity contribution is 0.0943. The van der Waals surface area contributed by atoms with Gasteiger partial charge < -0.3 is 10.6 Å². The Morgan fingerprint density at radius 2 is 2.06 bits per heavy atom. The number of nitrogens with zero attached hydrogens (tertiary/aromatic N) is 1. The van der Waals surface area contributed by atoms with Crippen molar-refractivity contribution in [3.05, 3.63) is 29.6 Å². The second kappa shape index (κ2) is 5.96. The molecule has 0 radical (unpaired) electrons. The van der Waals surface area contributed by atoms with Crippen molar-refractivity contribution in [3.8, 4) is 0 Å². The maximum absolute atomic E-state index is 11.9. The Morgan fingerprint density at radius 1 is 1.39 bits per heavy atom. The predicted octanol–water partition coefficient (Wildman–Crippen LogP) is 1.93. The van der Waals surface area contributed by atoms with E-state index < -0.39 is 0 Å². The van der Waals surface area contributed by atoms with E-state index in [0.29, 0.717) is 18.0 Å². The maximum atomic E-state index is 11.9. The van der Waals surface area contributed by atoms with Crippen LogP contribution in [0.15, 0.2) is 18.3 Å². The van der Waals surface area contributed by atoms with Crippen LogP contribution in [-0.2, 0) is 0 Å². The summed E-state index contributed by atoms with van der Waals surface area (Å²) in [7, 11) is 1.88. The molecule has 0 atom stereocenters. The molecule has 1 rings (SSSR count). The van der Waals surface area contributed by atoms with E-state index in [4.69, 9.17) is 0 Å². The molecule has 100 valence electrons. The van der Waals surface area contributed by atoms with Gasteiger partial charge in [-0.05, 0) is 38.9 Å². The van der Waals surface area contributed by atoms with E-state index in [-0.39, 0.29) is 11.4 Å². The Kier molecular flexibility index (Phi) is 4.84. The molecule has 4 heteroatoms. The molecule has 0 aromatic carbocycles. The molecule has 0 aliphatic carbocycles. The summed E-state index contributed by atoms with van der Waals surface area (Å²) in [6, 6.07) is 3.73. The van der Waals surface area contributed by atoms with Crippen molar-refractivity contribution in [1.82, 2.24) is 15.6 Å². The van der Waals surface area contributed by atoms with Crippen LogP contribution in [0.3, 0.4) is 0 Å². The van der Waals surface area contributed by atoms with E-state index in [0.717, 1.165) is 5.69 Å². The van der Waals surface area contributed by atoms with Gasteiger partial charge in [-0.3, -0.25) is 9.78 Å². The van der Waals surface area contributed by atoms with Crippen LogP contribution in [0.25, 0.3) is 0 Å². The molecular weight excluding hydrogens is 226 g/mol. The van der Waals surface area contributed by atoms with Crippen molar-refractivity contribution in [2.75, 3.05) is 13.6 Å². The van der Waals surface area contributed by atoms with Crippen LogP contribution in [-0.4, -0.2) is 30.0 Å². The molecule has 0 unspecified atom stereocenters. The Labute approximate surface area is 109 Å². The average molecular weight is 249 g/mol. The van der Waals surface area contributed by atoms with E-state index in [1.54, 1.807) is 6.20 Å². The number of rotatable bonds is 5. The summed E-state index contributed by atoms with van der Waals surface area (Å²) in [5.41, 5.74) is 1.49. The van der Waals surface area contributed by atoms with E-state index in [9.17, 15) is 4.79 Å². The molecule has 1 aromatic heterocycles. The van der Waals surface area contributed by atoms with Crippen LogP contribution < -0.4 is 10.6 Å². The van der Waals surface area contributed by atoms with Gasteiger partial charge in [0.05, 0.1) is 5.56 Å². The standard InChI is InChI=1S/C14H23N3O/c1-10(2)12-7-6-11(8-16-12)13(18)17-9-14(3,4)15-5/h6-8,10,15H,9H2,1-5H3,(H,17,18). The first kappa shape index (κ1) is 14.6. The number of carbonyl (C=O) groups excluding carboxylic acids is 1. The van der Waals surface area contributed by atoms with Crippen molar-refractivity contribution in [1.29, 1.82) is 0 Å². The molecule has 0 saturated carbocycles. The molecule has 0 bridgehead atoms. The minimum absolute atomic E-state index is 0.0823. The molecular formula is C14H23N3O. The monoisotopic (exact) mass is 249 g/mol. The zero-order valence-corrected chi connectivity index (χ0v) is 11.9. The predicted molar refractivity (Wildman–Crippen MR) is 73.8 cm³/mol. The summed E-state index contributed by atoms with van der Waals surface area (Å²) < 4.78 is 0. The number of amides is 1. The number of hydrogen-bond donors (Lipinski definition) is 2. The third kappa shape index (κ3) is 4.11. The third-order valence-electron chi connectivity index (χ3n) is 3.01. The van der Waals surface area contributed by atoms with Crippen molar-refractivity contribution >= 4 is 5.91 Å². The van der Waals surface area contributed by atoms with Gasteiger partial charge in [0.1, 0.15) is 0 Å². The molecule has 4 nitrogen and oxygen atoms in total. The lowest BCUT2D eigenvalue weighted by atomic mass is 10.1. The second-order valence-corrected chi connectivity index (χ2v) is 5.44. The highest BCUT2D eigenvalue weighted by Gasteiger charge is 2.16. The largest absolute Gasteiger partial charge is 0.350 e. The summed E-state index contributed by atoms with van der Waals surface area (Å²) in [5.74, 6) is 0.298. The third-order valence-corrected chi connectivity index (χ3v) is 3.01. The number of hydrogen-bond acceptors (Lipinski definition) is 3. The quantitative estimate of drug-likeness (QED) is 0.838. The van der Waals surface area contributed by atoms with E-state index in [1.165, 1.54) is 0 Å². The molecule has 18 heavy (non-hydrogen) atoms. The summed E-state index contributed by atoms with van der Waals surface area (Å²) in [5, 5.41) is 6.04. The lowest BCUT2D eigenvalue weighted by Crippen LogP contribution is -2.47. The van der Waals surface area contributed by atoms with Crippen LogP contribution in [0.4, 0.5) is 0 Å². The fourth-order valence-corrected chi connectivity index (χ4v) is 1.37. The molecule has 0 fully saturated rings. The maximum Gasteiger partial charge on any atom is 0.252 e. The number of nitrogens with one attached hydrogen (secondary N) is 2. The highest BCUT2D eigenvalue weighted by atomic mass is 16.1. The molecule has 0 saturated heterocycles. The van der Waals surface area contributed by atoms with Gasteiger partial charge in [-0.15, -0.1) is 0 Å². The average Bonchev–Trinajstić information content (AvgIpc) is 2.36. The fraction of sp³-hybridized carbons (Fsp3) is 0.571. The Bertz CT molecular complexity index is 396. The Hall–Kier alpha value is -1.42. The lowest BCUT2D eigenvalue weighted by Gasteiger charge is -2.24. The number of likely N-dealkylation sites (N-methyl/N-ethyl adjacent to an activating group) is 1. The summed E-state index contributed by atoms with van der Waals surface area (Å²) in [6.07, 6.45) is 1.64. The minimum atomic E-state index is -0.110. The van der Waals surface area contributed by atoms with E-state index in [1.807, 2.05) is 33.0 Å². The molecule has 1 heterocycles. The van der Waals surface area contributed by atoms with Gasteiger partial charge in [0, 0.05) is 24.0 Å². The smallest absolute Gasteiger partial charge is 0.252 e. The molecule has 1 aromatic rings. The van der Waals surface area contributed by atoms with Gasteiger partial charge in [0.25, 0.3) is 5.91 Å². The Morgan fingerprint density at radius 3 is 2.50 bits per heavy atom. The van der Waals surface area contributed by atoms with Crippen LogP contribution in [0.2, 0.25) is 0 Å². The van der Waals surface area contributed by atoms with Crippen LogP contribution >= 0.6 is 0 Å². The molecule has 2 N–H and O–H groups in total. The van der Waals surface area contributed by atoms with E-state index >= 15 is 0 Å². The van der Waals surface area contributed by atoms with Gasteiger partial charge in [-0.25, -0.2) is 0 Å². The highest BCUT2D eigenvalue weighted by molar-refractivity contribution is 5.93. The van der Waals surface area contributed by atoms with Crippen molar-refractivity contribution < 1.29 is 4.79 Å². The van der Waals surface area contributed by atoms with Crippen LogP contribution in [0.5, 0.6) is 0 Å². The van der Waals surface area contributed by atoms with Gasteiger partial charge in [-0.1, -0.05) is 13.8 Å². The summed E-state index contributed by atoms with van der Waals surface area (Å²) >= 11 is 0. The van der Waals surface area contributed by atoms with Crippen LogP contribution in [0, 0.1) is 0 Å². The highest BCUT2D eigenvalue weighted by Crippen LogP contribution is 2.11. The number of aromatic nitrogens is 1.